The van der Waals surface area contributed by atoms with Crippen molar-refractivity contribution in [1.82, 2.24) is 4.90 Å². The van der Waals surface area contributed by atoms with Crippen molar-refractivity contribution in [3.05, 3.63) is 0 Å². The lowest BCUT2D eigenvalue weighted by Gasteiger charge is -2.20. The molecule has 0 aromatic heterocycles. The van der Waals surface area contributed by atoms with Crippen LogP contribution in [-0.4, -0.2) is 40.2 Å². The average Bonchev–Trinajstić information content (AvgIpc) is 2.45. The summed E-state index contributed by atoms with van der Waals surface area (Å²) in [5, 5.41) is 8.71. The maximum atomic E-state index is 11.3. The van der Waals surface area contributed by atoms with Gasteiger partial charge in [-0.2, -0.15) is 12.6 Å². The standard InChI is InChI=1S/C8H13NO3S/c1-5(8(11)12)9-3-6(4-13)2-7(9)10/h5-6,13H,2-4H2,1H3,(H,11,12). The van der Waals surface area contributed by atoms with Crippen molar-refractivity contribution in [2.45, 2.75) is 19.4 Å². The molecular formula is C8H13NO3S. The highest BCUT2D eigenvalue weighted by Crippen LogP contribution is 2.20. The van der Waals surface area contributed by atoms with Crippen LogP contribution in [0.1, 0.15) is 13.3 Å². The molecular weight excluding hydrogens is 190 g/mol. The number of nitrogens with zero attached hydrogens (tertiary/aromatic N) is 1. The molecule has 0 radical (unpaired) electrons. The van der Waals surface area contributed by atoms with Crippen molar-refractivity contribution in [2.75, 3.05) is 12.3 Å². The van der Waals surface area contributed by atoms with Crippen molar-refractivity contribution in [1.29, 1.82) is 0 Å². The quantitative estimate of drug-likeness (QED) is 0.646. The monoisotopic (exact) mass is 203 g/mol. The molecule has 1 heterocycles. The fourth-order valence-corrected chi connectivity index (χ4v) is 1.68. The second-order valence-electron chi connectivity index (χ2n) is 3.31. The largest absolute Gasteiger partial charge is 0.480 e. The van der Waals surface area contributed by atoms with Gasteiger partial charge in [0.1, 0.15) is 6.04 Å². The molecule has 1 rings (SSSR count). The Morgan fingerprint density at radius 2 is 2.46 bits per heavy atom. The van der Waals surface area contributed by atoms with Crippen LogP contribution in [0.2, 0.25) is 0 Å². The molecule has 4 nitrogen and oxygen atoms in total. The van der Waals surface area contributed by atoms with E-state index in [4.69, 9.17) is 5.11 Å². The van der Waals surface area contributed by atoms with Crippen LogP contribution in [0.4, 0.5) is 0 Å². The normalized spacial score (nSPS) is 24.9. The number of amides is 1. The molecule has 13 heavy (non-hydrogen) atoms. The van der Waals surface area contributed by atoms with Crippen LogP contribution in [0.3, 0.4) is 0 Å². The van der Waals surface area contributed by atoms with Crippen LogP contribution in [0, 0.1) is 5.92 Å². The molecule has 2 unspecified atom stereocenters. The fraction of sp³-hybridized carbons (Fsp3) is 0.750. The van der Waals surface area contributed by atoms with Gasteiger partial charge in [-0.15, -0.1) is 0 Å². The van der Waals surface area contributed by atoms with E-state index in [1.54, 1.807) is 0 Å². The first-order valence-electron chi connectivity index (χ1n) is 4.19. The second-order valence-corrected chi connectivity index (χ2v) is 3.68. The summed E-state index contributed by atoms with van der Waals surface area (Å²) in [4.78, 5) is 23.3. The summed E-state index contributed by atoms with van der Waals surface area (Å²) >= 11 is 4.09. The molecule has 74 valence electrons. The number of carbonyl (C=O) groups excluding carboxylic acids is 1. The zero-order valence-corrected chi connectivity index (χ0v) is 8.33. The molecule has 0 aromatic rings. The fourth-order valence-electron chi connectivity index (χ4n) is 1.44. The number of carboxylic acids is 1. The van der Waals surface area contributed by atoms with Crippen LogP contribution in [0.5, 0.6) is 0 Å². The summed E-state index contributed by atoms with van der Waals surface area (Å²) in [6.45, 7) is 2.05. The van der Waals surface area contributed by atoms with E-state index < -0.39 is 12.0 Å². The molecule has 0 aliphatic carbocycles. The molecule has 1 N–H and O–H groups in total. The molecule has 2 atom stereocenters. The Balaban J connectivity index is 2.62. The van der Waals surface area contributed by atoms with Crippen LogP contribution < -0.4 is 0 Å². The molecule has 1 saturated heterocycles. The Bertz CT molecular complexity index is 231. The van der Waals surface area contributed by atoms with Crippen molar-refractivity contribution in [3.63, 3.8) is 0 Å². The Morgan fingerprint density at radius 3 is 2.85 bits per heavy atom. The lowest BCUT2D eigenvalue weighted by molar-refractivity contribution is -0.147. The zero-order chi connectivity index (χ0) is 10.0. The Hall–Kier alpha value is -0.710. The third-order valence-corrected chi connectivity index (χ3v) is 2.84. The maximum Gasteiger partial charge on any atom is 0.326 e. The van der Waals surface area contributed by atoms with E-state index in [2.05, 4.69) is 12.6 Å². The first kappa shape index (κ1) is 10.4. The number of hydrogen-bond acceptors (Lipinski definition) is 3. The van der Waals surface area contributed by atoms with Gasteiger partial charge in [-0.25, -0.2) is 4.79 Å². The predicted molar refractivity (Wildman–Crippen MR) is 50.8 cm³/mol. The van der Waals surface area contributed by atoms with Crippen LogP contribution in [0.25, 0.3) is 0 Å². The van der Waals surface area contributed by atoms with E-state index >= 15 is 0 Å². The molecule has 0 bridgehead atoms. The minimum absolute atomic E-state index is 0.0750. The number of likely N-dealkylation sites (tertiary alicyclic amines) is 1. The summed E-state index contributed by atoms with van der Waals surface area (Å²) in [7, 11) is 0. The third-order valence-electron chi connectivity index (χ3n) is 2.32. The SMILES string of the molecule is CC(C(=O)O)N1CC(CS)CC1=O. The molecule has 5 heteroatoms. The molecule has 0 saturated carbocycles. The first-order chi connectivity index (χ1) is 6.06. The Labute approximate surface area is 82.3 Å². The lowest BCUT2D eigenvalue weighted by Crippen LogP contribution is -2.40. The third kappa shape index (κ3) is 2.15. The molecule has 0 spiro atoms. The van der Waals surface area contributed by atoms with Gasteiger partial charge in [0.05, 0.1) is 0 Å². The van der Waals surface area contributed by atoms with E-state index in [0.29, 0.717) is 18.7 Å². The van der Waals surface area contributed by atoms with Gasteiger partial charge in [-0.05, 0) is 18.6 Å². The zero-order valence-electron chi connectivity index (χ0n) is 7.43. The van der Waals surface area contributed by atoms with E-state index in [1.165, 1.54) is 11.8 Å². The number of aliphatic carboxylic acids is 1. The minimum atomic E-state index is -0.951. The van der Waals surface area contributed by atoms with E-state index in [-0.39, 0.29) is 11.8 Å². The molecule has 1 amide bonds. The molecule has 1 aliphatic heterocycles. The van der Waals surface area contributed by atoms with E-state index in [0.717, 1.165) is 0 Å². The van der Waals surface area contributed by atoms with Gasteiger partial charge in [0.2, 0.25) is 5.91 Å². The van der Waals surface area contributed by atoms with Gasteiger partial charge in [0.25, 0.3) is 0 Å². The number of carboxylic acid groups (broad SMARTS) is 1. The van der Waals surface area contributed by atoms with Crippen molar-refractivity contribution >= 4 is 24.5 Å². The lowest BCUT2D eigenvalue weighted by atomic mass is 10.1. The van der Waals surface area contributed by atoms with Gasteiger partial charge in [-0.1, -0.05) is 0 Å². The molecule has 1 fully saturated rings. The smallest absolute Gasteiger partial charge is 0.326 e. The van der Waals surface area contributed by atoms with Gasteiger partial charge >= 0.3 is 5.97 Å². The number of thiol groups is 1. The second kappa shape index (κ2) is 4.00. The Kier molecular flexibility index (Phi) is 3.19. The highest BCUT2D eigenvalue weighted by molar-refractivity contribution is 7.80. The van der Waals surface area contributed by atoms with Gasteiger partial charge < -0.3 is 10.0 Å². The van der Waals surface area contributed by atoms with Crippen LogP contribution in [-0.2, 0) is 9.59 Å². The summed E-state index contributed by atoms with van der Waals surface area (Å²) in [5.74, 6) is -0.186. The summed E-state index contributed by atoms with van der Waals surface area (Å²) in [6, 6.07) is -0.711. The van der Waals surface area contributed by atoms with Gasteiger partial charge in [-0.3, -0.25) is 4.79 Å². The Morgan fingerprint density at radius 1 is 1.85 bits per heavy atom. The summed E-state index contributed by atoms with van der Waals surface area (Å²) in [6.07, 6.45) is 0.432. The van der Waals surface area contributed by atoms with Crippen molar-refractivity contribution < 1.29 is 14.7 Å². The number of hydrogen-bond donors (Lipinski definition) is 2. The van der Waals surface area contributed by atoms with Gasteiger partial charge in [0.15, 0.2) is 0 Å². The van der Waals surface area contributed by atoms with Crippen molar-refractivity contribution in [2.24, 2.45) is 5.92 Å². The molecule has 1 aliphatic rings. The molecule has 0 aromatic carbocycles. The first-order valence-corrected chi connectivity index (χ1v) is 4.82. The average molecular weight is 203 g/mol. The maximum absolute atomic E-state index is 11.3. The highest BCUT2D eigenvalue weighted by Gasteiger charge is 2.34. The minimum Gasteiger partial charge on any atom is -0.480 e. The number of rotatable bonds is 3. The van der Waals surface area contributed by atoms with Crippen LogP contribution in [0.15, 0.2) is 0 Å². The topological polar surface area (TPSA) is 57.6 Å². The highest BCUT2D eigenvalue weighted by atomic mass is 32.1. The van der Waals surface area contributed by atoms with Crippen LogP contribution >= 0.6 is 12.6 Å². The van der Waals surface area contributed by atoms with Crippen molar-refractivity contribution in [3.8, 4) is 0 Å². The van der Waals surface area contributed by atoms with E-state index in [1.807, 2.05) is 0 Å². The summed E-state index contributed by atoms with van der Waals surface area (Å²) < 4.78 is 0. The predicted octanol–water partition coefficient (Wildman–Crippen LogP) is 0.238. The van der Waals surface area contributed by atoms with Gasteiger partial charge in [0, 0.05) is 13.0 Å². The summed E-state index contributed by atoms with van der Waals surface area (Å²) in [5.41, 5.74) is 0. The number of carbonyl (C=O) groups is 2. The van der Waals surface area contributed by atoms with E-state index in [9.17, 15) is 9.59 Å².